The van der Waals surface area contributed by atoms with Crippen molar-refractivity contribution < 1.29 is 9.90 Å². The van der Waals surface area contributed by atoms with Gasteiger partial charge in [-0.1, -0.05) is 39.1 Å². The highest BCUT2D eigenvalue weighted by atomic mass is 79.9. The zero-order valence-corrected chi connectivity index (χ0v) is 13.9. The second-order valence-electron chi connectivity index (χ2n) is 4.13. The van der Waals surface area contributed by atoms with Gasteiger partial charge in [-0.2, -0.15) is 0 Å². The molecule has 0 saturated carbocycles. The van der Waals surface area contributed by atoms with Gasteiger partial charge in [0.25, 0.3) is 5.91 Å². The van der Waals surface area contributed by atoms with Gasteiger partial charge in [0.05, 0.1) is 22.2 Å². The van der Waals surface area contributed by atoms with Crippen LogP contribution in [0.2, 0.25) is 10.0 Å². The number of halogens is 3. The summed E-state index contributed by atoms with van der Waals surface area (Å²) in [4.78, 5) is 17.9. The molecule has 110 valence electrons. The fourth-order valence-corrected chi connectivity index (χ4v) is 2.61. The van der Waals surface area contributed by atoms with Crippen molar-refractivity contribution in [1.82, 2.24) is 4.98 Å². The van der Waals surface area contributed by atoms with E-state index in [1.165, 1.54) is 17.3 Å². The maximum absolute atomic E-state index is 12.7. The molecule has 0 saturated heterocycles. The summed E-state index contributed by atoms with van der Waals surface area (Å²) in [5.74, 6) is -0.385. The number of hydrogen-bond acceptors (Lipinski definition) is 3. The third kappa shape index (κ3) is 3.74. The first-order chi connectivity index (χ1) is 10.0. The first-order valence-electron chi connectivity index (χ1n) is 6.02. The van der Waals surface area contributed by atoms with E-state index in [0.717, 1.165) is 4.47 Å². The Bertz CT molecular complexity index is 630. The van der Waals surface area contributed by atoms with Crippen LogP contribution in [0.25, 0.3) is 0 Å². The quantitative estimate of drug-likeness (QED) is 0.865. The molecule has 0 aliphatic heterocycles. The number of carbonyl (C=O) groups excluding carboxylic acids is 1. The van der Waals surface area contributed by atoms with Gasteiger partial charge >= 0.3 is 0 Å². The molecule has 2 aromatic rings. The minimum absolute atomic E-state index is 0.134. The summed E-state index contributed by atoms with van der Waals surface area (Å²) in [6.07, 6.45) is 2.72. The molecule has 2 rings (SSSR count). The molecule has 1 aromatic carbocycles. The van der Waals surface area contributed by atoms with E-state index in [1.54, 1.807) is 12.1 Å². The lowest BCUT2D eigenvalue weighted by Gasteiger charge is -2.23. The maximum atomic E-state index is 12.7. The van der Waals surface area contributed by atoms with Crippen LogP contribution in [0.3, 0.4) is 0 Å². The lowest BCUT2D eigenvalue weighted by molar-refractivity contribution is 0.0981. The largest absolute Gasteiger partial charge is 0.395 e. The van der Waals surface area contributed by atoms with Crippen molar-refractivity contribution in [2.24, 2.45) is 0 Å². The standard InChI is InChI=1S/C14H11BrCl2N2O2/c15-9-1-3-10(4-2-9)19(5-6-20)14(21)13-11(16)7-18-8-12(13)17/h1-4,7-8,20H,5-6H2. The van der Waals surface area contributed by atoms with E-state index in [0.29, 0.717) is 5.69 Å². The number of nitrogens with zero attached hydrogens (tertiary/aromatic N) is 2. The van der Waals surface area contributed by atoms with E-state index in [2.05, 4.69) is 20.9 Å². The molecule has 1 heterocycles. The first kappa shape index (κ1) is 16.2. The van der Waals surface area contributed by atoms with Crippen LogP contribution < -0.4 is 4.90 Å². The van der Waals surface area contributed by atoms with Crippen LogP contribution in [0.4, 0.5) is 5.69 Å². The zero-order valence-electron chi connectivity index (χ0n) is 10.8. The number of aliphatic hydroxyl groups excluding tert-OH is 1. The Hall–Kier alpha value is -1.14. The van der Waals surface area contributed by atoms with Crippen LogP contribution in [-0.2, 0) is 0 Å². The Morgan fingerprint density at radius 3 is 2.29 bits per heavy atom. The highest BCUT2D eigenvalue weighted by Gasteiger charge is 2.22. The van der Waals surface area contributed by atoms with E-state index in [4.69, 9.17) is 23.2 Å². The Labute approximate surface area is 140 Å². The van der Waals surface area contributed by atoms with Crippen molar-refractivity contribution in [2.75, 3.05) is 18.1 Å². The Balaban J connectivity index is 2.42. The van der Waals surface area contributed by atoms with Crippen molar-refractivity contribution in [1.29, 1.82) is 0 Å². The summed E-state index contributed by atoms with van der Waals surface area (Å²) in [7, 11) is 0. The summed E-state index contributed by atoms with van der Waals surface area (Å²) >= 11 is 15.4. The van der Waals surface area contributed by atoms with Gasteiger partial charge in [0.1, 0.15) is 0 Å². The molecule has 0 spiro atoms. The summed E-state index contributed by atoms with van der Waals surface area (Å²) in [5.41, 5.74) is 0.811. The van der Waals surface area contributed by atoms with Crippen LogP contribution >= 0.6 is 39.1 Å². The molecule has 1 N–H and O–H groups in total. The van der Waals surface area contributed by atoms with E-state index in [-0.39, 0.29) is 34.7 Å². The van der Waals surface area contributed by atoms with Crippen molar-refractivity contribution in [3.05, 3.63) is 56.7 Å². The van der Waals surface area contributed by atoms with E-state index in [1.807, 2.05) is 12.1 Å². The smallest absolute Gasteiger partial charge is 0.261 e. The number of pyridine rings is 1. The number of aromatic nitrogens is 1. The summed E-state index contributed by atoms with van der Waals surface area (Å²) in [6, 6.07) is 7.15. The van der Waals surface area contributed by atoms with E-state index >= 15 is 0 Å². The molecule has 0 atom stereocenters. The zero-order chi connectivity index (χ0) is 15.4. The molecule has 0 aliphatic rings. The van der Waals surface area contributed by atoms with Crippen molar-refractivity contribution in [3.8, 4) is 0 Å². The number of rotatable bonds is 4. The number of anilines is 1. The first-order valence-corrected chi connectivity index (χ1v) is 7.56. The van der Waals surface area contributed by atoms with Crippen LogP contribution in [-0.4, -0.2) is 29.1 Å². The predicted octanol–water partition coefficient (Wildman–Crippen LogP) is 3.79. The number of carbonyl (C=O) groups is 1. The third-order valence-corrected chi connectivity index (χ3v) is 3.88. The molecule has 4 nitrogen and oxygen atoms in total. The highest BCUT2D eigenvalue weighted by molar-refractivity contribution is 9.10. The molecular formula is C14H11BrCl2N2O2. The molecule has 0 unspecified atom stereocenters. The average Bonchev–Trinajstić information content (AvgIpc) is 2.45. The second kappa shape index (κ2) is 7.22. The topological polar surface area (TPSA) is 53.4 Å². The summed E-state index contributed by atoms with van der Waals surface area (Å²) in [6.45, 7) is -0.0441. The third-order valence-electron chi connectivity index (χ3n) is 2.77. The lowest BCUT2D eigenvalue weighted by atomic mass is 10.2. The number of amides is 1. The van der Waals surface area contributed by atoms with Gasteiger partial charge in [0.15, 0.2) is 0 Å². The second-order valence-corrected chi connectivity index (χ2v) is 5.87. The Morgan fingerprint density at radius 2 is 1.76 bits per heavy atom. The predicted molar refractivity (Wildman–Crippen MR) is 87.2 cm³/mol. The minimum atomic E-state index is -0.385. The normalized spacial score (nSPS) is 10.5. The van der Waals surface area contributed by atoms with Crippen LogP contribution in [0, 0.1) is 0 Å². The Kier molecular flexibility index (Phi) is 5.58. The molecule has 0 radical (unpaired) electrons. The maximum Gasteiger partial charge on any atom is 0.261 e. The average molecular weight is 390 g/mol. The fourth-order valence-electron chi connectivity index (χ4n) is 1.82. The monoisotopic (exact) mass is 388 g/mol. The van der Waals surface area contributed by atoms with Gasteiger partial charge in [0, 0.05) is 29.1 Å². The summed E-state index contributed by atoms with van der Waals surface area (Å²) < 4.78 is 0.891. The molecule has 0 aliphatic carbocycles. The number of aliphatic hydroxyl groups is 1. The molecule has 21 heavy (non-hydrogen) atoms. The molecular weight excluding hydrogens is 379 g/mol. The SMILES string of the molecule is O=C(c1c(Cl)cncc1Cl)N(CCO)c1ccc(Br)cc1. The van der Waals surface area contributed by atoms with Crippen LogP contribution in [0.15, 0.2) is 41.1 Å². The summed E-state index contributed by atoms with van der Waals surface area (Å²) in [5, 5.41) is 9.55. The Morgan fingerprint density at radius 1 is 1.19 bits per heavy atom. The number of hydrogen-bond donors (Lipinski definition) is 1. The van der Waals surface area contributed by atoms with Gasteiger partial charge < -0.3 is 10.0 Å². The van der Waals surface area contributed by atoms with Crippen molar-refractivity contribution in [2.45, 2.75) is 0 Å². The minimum Gasteiger partial charge on any atom is -0.395 e. The highest BCUT2D eigenvalue weighted by Crippen LogP contribution is 2.27. The molecule has 0 fully saturated rings. The fraction of sp³-hybridized carbons (Fsp3) is 0.143. The van der Waals surface area contributed by atoms with Crippen LogP contribution in [0.1, 0.15) is 10.4 Å². The number of benzene rings is 1. The van der Waals surface area contributed by atoms with Crippen molar-refractivity contribution in [3.63, 3.8) is 0 Å². The van der Waals surface area contributed by atoms with E-state index in [9.17, 15) is 9.90 Å². The molecule has 0 bridgehead atoms. The molecule has 7 heteroatoms. The van der Waals surface area contributed by atoms with Gasteiger partial charge in [-0.15, -0.1) is 0 Å². The van der Waals surface area contributed by atoms with Gasteiger partial charge in [-0.25, -0.2) is 0 Å². The molecule has 1 aromatic heterocycles. The van der Waals surface area contributed by atoms with Crippen LogP contribution in [0.5, 0.6) is 0 Å². The molecule has 1 amide bonds. The van der Waals surface area contributed by atoms with Gasteiger partial charge in [0.2, 0.25) is 0 Å². The van der Waals surface area contributed by atoms with Gasteiger partial charge in [-0.3, -0.25) is 9.78 Å². The lowest BCUT2D eigenvalue weighted by Crippen LogP contribution is -2.34. The van der Waals surface area contributed by atoms with Crippen molar-refractivity contribution >= 4 is 50.7 Å². The van der Waals surface area contributed by atoms with Gasteiger partial charge in [-0.05, 0) is 24.3 Å². The van der Waals surface area contributed by atoms with E-state index < -0.39 is 0 Å².